The van der Waals surface area contributed by atoms with Crippen LogP contribution in [0.15, 0.2) is 30.6 Å². The van der Waals surface area contributed by atoms with E-state index >= 15 is 0 Å². The topological polar surface area (TPSA) is 75.5 Å². The zero-order valence-corrected chi connectivity index (χ0v) is 12.4. The summed E-state index contributed by atoms with van der Waals surface area (Å²) in [6.45, 7) is 1.31. The lowest BCUT2D eigenvalue weighted by atomic mass is 10.1. The lowest BCUT2D eigenvalue weighted by Crippen LogP contribution is -2.20. The largest absolute Gasteiger partial charge is 0.337 e. The van der Waals surface area contributed by atoms with Crippen molar-refractivity contribution in [1.82, 2.24) is 35.1 Å². The van der Waals surface area contributed by atoms with Gasteiger partial charge in [-0.1, -0.05) is 6.07 Å². The Hall–Kier alpha value is -2.61. The third-order valence-electron chi connectivity index (χ3n) is 3.43. The minimum absolute atomic E-state index is 0.324. The van der Waals surface area contributed by atoms with Crippen LogP contribution >= 0.6 is 0 Å². The lowest BCUT2D eigenvalue weighted by molar-refractivity contribution is 0.307. The molecule has 114 valence electrons. The zero-order chi connectivity index (χ0) is 15.5. The molecule has 1 N–H and O–H groups in total. The second-order valence-electron chi connectivity index (χ2n) is 5.16. The molecule has 7 nitrogen and oxygen atoms in total. The van der Waals surface area contributed by atoms with Gasteiger partial charge in [-0.2, -0.15) is 5.21 Å². The highest BCUT2D eigenvalue weighted by molar-refractivity contribution is 5.59. The Bertz CT molecular complexity index is 750. The second-order valence-corrected chi connectivity index (χ2v) is 5.16. The van der Waals surface area contributed by atoms with Crippen molar-refractivity contribution < 1.29 is 4.39 Å². The van der Waals surface area contributed by atoms with E-state index in [1.165, 1.54) is 12.1 Å². The lowest BCUT2D eigenvalue weighted by Gasteiger charge is -2.18. The highest BCUT2D eigenvalue weighted by Gasteiger charge is 2.13. The van der Waals surface area contributed by atoms with Gasteiger partial charge in [-0.25, -0.2) is 9.37 Å². The monoisotopic (exact) mass is 301 g/mol. The Balaban J connectivity index is 1.81. The third kappa shape index (κ3) is 3.01. The molecule has 0 aliphatic rings. The van der Waals surface area contributed by atoms with E-state index in [1.54, 1.807) is 12.3 Å². The van der Waals surface area contributed by atoms with Crippen LogP contribution in [0.25, 0.3) is 11.4 Å². The van der Waals surface area contributed by atoms with Crippen LogP contribution in [-0.2, 0) is 20.1 Å². The molecule has 0 fully saturated rings. The first kappa shape index (κ1) is 14.3. The van der Waals surface area contributed by atoms with E-state index in [-0.39, 0.29) is 5.82 Å². The molecule has 2 heterocycles. The average Bonchev–Trinajstić information content (AvgIpc) is 3.14. The summed E-state index contributed by atoms with van der Waals surface area (Å²) in [5.74, 6) is 1.03. The van der Waals surface area contributed by atoms with Gasteiger partial charge in [-0.15, -0.1) is 10.2 Å². The van der Waals surface area contributed by atoms with Gasteiger partial charge in [0.2, 0.25) is 5.82 Å². The first-order valence-corrected chi connectivity index (χ1v) is 6.80. The van der Waals surface area contributed by atoms with Gasteiger partial charge in [0, 0.05) is 31.5 Å². The molecule has 0 atom stereocenters. The molecule has 0 unspecified atom stereocenters. The van der Waals surface area contributed by atoms with Crippen LogP contribution in [0.2, 0.25) is 0 Å². The van der Waals surface area contributed by atoms with Crippen molar-refractivity contribution in [3.63, 3.8) is 0 Å². The van der Waals surface area contributed by atoms with Gasteiger partial charge in [-0.05, 0) is 30.0 Å². The van der Waals surface area contributed by atoms with E-state index in [0.717, 1.165) is 11.4 Å². The van der Waals surface area contributed by atoms with Gasteiger partial charge in [-0.3, -0.25) is 4.90 Å². The summed E-state index contributed by atoms with van der Waals surface area (Å²) >= 11 is 0. The average molecular weight is 301 g/mol. The highest BCUT2D eigenvalue weighted by atomic mass is 19.1. The first-order valence-electron chi connectivity index (χ1n) is 6.80. The number of benzene rings is 1. The van der Waals surface area contributed by atoms with Crippen LogP contribution in [0.3, 0.4) is 0 Å². The molecule has 0 bridgehead atoms. The predicted molar refractivity (Wildman–Crippen MR) is 78.0 cm³/mol. The minimum atomic E-state index is -0.324. The van der Waals surface area contributed by atoms with Crippen LogP contribution in [0.5, 0.6) is 0 Å². The second kappa shape index (κ2) is 6.02. The summed E-state index contributed by atoms with van der Waals surface area (Å²) in [7, 11) is 3.94. The van der Waals surface area contributed by atoms with E-state index in [2.05, 4.69) is 30.5 Å². The summed E-state index contributed by atoms with van der Waals surface area (Å²) in [5, 5.41) is 13.8. The fourth-order valence-corrected chi connectivity index (χ4v) is 2.31. The maximum absolute atomic E-state index is 13.5. The van der Waals surface area contributed by atoms with Crippen LogP contribution in [-0.4, -0.2) is 42.1 Å². The number of nitrogens with one attached hydrogen (secondary N) is 1. The van der Waals surface area contributed by atoms with Crippen LogP contribution in [0, 0.1) is 5.82 Å². The Labute approximate surface area is 126 Å². The predicted octanol–water partition coefficient (Wildman–Crippen LogP) is 1.37. The standard InChI is InChI=1S/C14H16FN7/c1-21(9-13-16-5-6-22(13)2)8-10-3-4-11(15)7-12(10)14-17-19-20-18-14/h3-7H,8-9H2,1-2H3,(H,17,18,19,20). The summed E-state index contributed by atoms with van der Waals surface area (Å²) in [5.41, 5.74) is 1.57. The van der Waals surface area contributed by atoms with Gasteiger partial charge < -0.3 is 4.57 Å². The van der Waals surface area contributed by atoms with Gasteiger partial charge in [0.1, 0.15) is 11.6 Å². The molecule has 0 amide bonds. The van der Waals surface area contributed by atoms with Crippen LogP contribution < -0.4 is 0 Å². The molecule has 1 aromatic carbocycles. The van der Waals surface area contributed by atoms with Crippen molar-refractivity contribution in [3.05, 3.63) is 47.8 Å². The number of H-pyrrole nitrogens is 1. The van der Waals surface area contributed by atoms with E-state index < -0.39 is 0 Å². The molecule has 0 spiro atoms. The molecule has 8 heteroatoms. The maximum Gasteiger partial charge on any atom is 0.205 e. The van der Waals surface area contributed by atoms with Gasteiger partial charge in [0.05, 0.1) is 6.54 Å². The van der Waals surface area contributed by atoms with Crippen LogP contribution in [0.4, 0.5) is 4.39 Å². The molecule has 0 aliphatic heterocycles. The number of nitrogens with zero attached hydrogens (tertiary/aromatic N) is 6. The number of aromatic amines is 1. The molecule has 3 rings (SSSR count). The summed E-state index contributed by atoms with van der Waals surface area (Å²) < 4.78 is 15.5. The number of halogens is 1. The Morgan fingerprint density at radius 2 is 2.18 bits per heavy atom. The van der Waals surface area contributed by atoms with Crippen molar-refractivity contribution in [2.45, 2.75) is 13.1 Å². The fourth-order valence-electron chi connectivity index (χ4n) is 2.31. The molecule has 0 aliphatic carbocycles. The van der Waals surface area contributed by atoms with E-state index in [4.69, 9.17) is 0 Å². The Kier molecular flexibility index (Phi) is 3.92. The molecular weight excluding hydrogens is 285 g/mol. The summed E-state index contributed by atoms with van der Waals surface area (Å²) in [6.07, 6.45) is 3.68. The van der Waals surface area contributed by atoms with Gasteiger partial charge in [0.15, 0.2) is 0 Å². The van der Waals surface area contributed by atoms with Crippen LogP contribution in [0.1, 0.15) is 11.4 Å². The molecule has 0 saturated carbocycles. The number of imidazole rings is 1. The quantitative estimate of drug-likeness (QED) is 0.770. The van der Waals surface area contributed by atoms with Gasteiger partial charge in [0.25, 0.3) is 0 Å². The van der Waals surface area contributed by atoms with Crippen molar-refractivity contribution in [2.75, 3.05) is 7.05 Å². The molecule has 2 aromatic heterocycles. The van der Waals surface area contributed by atoms with Gasteiger partial charge >= 0.3 is 0 Å². The van der Waals surface area contributed by atoms with Crippen molar-refractivity contribution >= 4 is 0 Å². The number of hydrogen-bond acceptors (Lipinski definition) is 5. The molecule has 22 heavy (non-hydrogen) atoms. The van der Waals surface area contributed by atoms with E-state index in [0.29, 0.717) is 24.5 Å². The smallest absolute Gasteiger partial charge is 0.205 e. The van der Waals surface area contributed by atoms with Crippen molar-refractivity contribution in [1.29, 1.82) is 0 Å². The molecule has 3 aromatic rings. The number of aryl methyl sites for hydroxylation is 1. The molecule has 0 radical (unpaired) electrons. The van der Waals surface area contributed by atoms with Crippen molar-refractivity contribution in [3.8, 4) is 11.4 Å². The Morgan fingerprint density at radius 3 is 2.86 bits per heavy atom. The normalized spacial score (nSPS) is 11.3. The minimum Gasteiger partial charge on any atom is -0.337 e. The Morgan fingerprint density at radius 1 is 1.32 bits per heavy atom. The number of aromatic nitrogens is 6. The third-order valence-corrected chi connectivity index (χ3v) is 3.43. The first-order chi connectivity index (χ1) is 10.6. The maximum atomic E-state index is 13.5. The molecule has 0 saturated heterocycles. The summed E-state index contributed by atoms with van der Waals surface area (Å²) in [4.78, 5) is 6.40. The number of hydrogen-bond donors (Lipinski definition) is 1. The fraction of sp³-hybridized carbons (Fsp3) is 0.286. The number of tetrazole rings is 1. The highest BCUT2D eigenvalue weighted by Crippen LogP contribution is 2.22. The SMILES string of the molecule is CN(Cc1ccc(F)cc1-c1nn[nH]n1)Cc1nccn1C. The zero-order valence-electron chi connectivity index (χ0n) is 12.4. The van der Waals surface area contributed by atoms with E-state index in [1.807, 2.05) is 24.9 Å². The molecular formula is C14H16FN7. The van der Waals surface area contributed by atoms with Crippen molar-refractivity contribution in [2.24, 2.45) is 7.05 Å². The van der Waals surface area contributed by atoms with E-state index in [9.17, 15) is 4.39 Å². The number of rotatable bonds is 5. The summed E-state index contributed by atoms with van der Waals surface area (Å²) in [6, 6.07) is 4.61.